The van der Waals surface area contributed by atoms with Crippen molar-refractivity contribution in [3.63, 3.8) is 0 Å². The minimum absolute atomic E-state index is 0.241. The Kier molecular flexibility index (Phi) is 4.04. The van der Waals surface area contributed by atoms with Crippen molar-refractivity contribution in [2.24, 2.45) is 0 Å². The van der Waals surface area contributed by atoms with Gasteiger partial charge in [-0.2, -0.15) is 0 Å². The predicted molar refractivity (Wildman–Crippen MR) is 76.7 cm³/mol. The third-order valence-corrected chi connectivity index (χ3v) is 3.77. The van der Waals surface area contributed by atoms with E-state index >= 15 is 0 Å². The quantitative estimate of drug-likeness (QED) is 0.811. The van der Waals surface area contributed by atoms with Gasteiger partial charge in [0.25, 0.3) is 0 Å². The lowest BCUT2D eigenvalue weighted by Gasteiger charge is -2.11. The lowest BCUT2D eigenvalue weighted by atomic mass is 10.1. The van der Waals surface area contributed by atoms with Gasteiger partial charge in [0, 0.05) is 15.9 Å². The van der Waals surface area contributed by atoms with Crippen LogP contribution in [0.2, 0.25) is 0 Å². The number of aromatic nitrogens is 1. The number of aryl methyl sites for hydroxylation is 1. The average molecular weight is 324 g/mol. The van der Waals surface area contributed by atoms with Gasteiger partial charge in [0.15, 0.2) is 5.69 Å². The first-order chi connectivity index (χ1) is 9.08. The van der Waals surface area contributed by atoms with Crippen LogP contribution in [0.3, 0.4) is 0 Å². The van der Waals surface area contributed by atoms with Crippen molar-refractivity contribution in [2.75, 3.05) is 13.7 Å². The van der Waals surface area contributed by atoms with E-state index in [2.05, 4.69) is 20.9 Å². The number of nitrogens with zero attached hydrogens (tertiary/aromatic N) is 1. The van der Waals surface area contributed by atoms with E-state index in [4.69, 9.17) is 9.47 Å². The van der Waals surface area contributed by atoms with Crippen LogP contribution in [0.15, 0.2) is 22.7 Å². The average Bonchev–Trinajstić information content (AvgIpc) is 2.42. The van der Waals surface area contributed by atoms with Crippen LogP contribution in [0.25, 0.3) is 10.9 Å². The number of carbonyl (C=O) groups is 1. The van der Waals surface area contributed by atoms with Crippen LogP contribution in [0.5, 0.6) is 5.75 Å². The molecular formula is C14H14BrNO3. The van der Waals surface area contributed by atoms with Gasteiger partial charge in [0.05, 0.1) is 19.2 Å². The third-order valence-electron chi connectivity index (χ3n) is 2.77. The van der Waals surface area contributed by atoms with Crippen LogP contribution in [0.1, 0.15) is 23.0 Å². The Morgan fingerprint density at radius 1 is 1.42 bits per heavy atom. The van der Waals surface area contributed by atoms with E-state index in [1.165, 1.54) is 7.11 Å². The summed E-state index contributed by atoms with van der Waals surface area (Å²) in [5.74, 6) is 0.157. The maximum Gasteiger partial charge on any atom is 0.356 e. The van der Waals surface area contributed by atoms with Gasteiger partial charge in [-0.15, -0.1) is 0 Å². The van der Waals surface area contributed by atoms with Gasteiger partial charge in [-0.1, -0.05) is 6.07 Å². The standard InChI is InChI=1S/C14H14BrNO3/c1-4-19-11-7-10(14(17)18-3)16-13-9(11)6-5-8(2)12(13)15/h5-7H,4H2,1-3H3. The van der Waals surface area contributed by atoms with Gasteiger partial charge >= 0.3 is 5.97 Å². The highest BCUT2D eigenvalue weighted by Gasteiger charge is 2.15. The summed E-state index contributed by atoms with van der Waals surface area (Å²) in [5, 5.41) is 0.868. The molecule has 0 unspecified atom stereocenters. The summed E-state index contributed by atoms with van der Waals surface area (Å²) < 4.78 is 11.2. The highest BCUT2D eigenvalue weighted by molar-refractivity contribution is 9.10. The zero-order chi connectivity index (χ0) is 14.0. The fraction of sp³-hybridized carbons (Fsp3) is 0.286. The first kappa shape index (κ1) is 13.8. The number of fused-ring (bicyclic) bond motifs is 1. The molecule has 100 valence electrons. The summed E-state index contributed by atoms with van der Waals surface area (Å²) in [6, 6.07) is 5.53. The molecular weight excluding hydrogens is 310 g/mol. The molecule has 0 N–H and O–H groups in total. The summed E-state index contributed by atoms with van der Waals surface area (Å²) in [6.07, 6.45) is 0. The van der Waals surface area contributed by atoms with Crippen molar-refractivity contribution in [2.45, 2.75) is 13.8 Å². The van der Waals surface area contributed by atoms with E-state index in [0.29, 0.717) is 17.9 Å². The number of hydrogen-bond acceptors (Lipinski definition) is 4. The maximum absolute atomic E-state index is 11.7. The summed E-state index contributed by atoms with van der Waals surface area (Å²) in [7, 11) is 1.33. The Labute approximate surface area is 119 Å². The predicted octanol–water partition coefficient (Wildman–Crippen LogP) is 3.49. The number of ether oxygens (including phenoxy) is 2. The zero-order valence-corrected chi connectivity index (χ0v) is 12.6. The largest absolute Gasteiger partial charge is 0.493 e. The van der Waals surface area contributed by atoms with Gasteiger partial charge in [-0.3, -0.25) is 0 Å². The number of pyridine rings is 1. The van der Waals surface area contributed by atoms with Crippen molar-refractivity contribution >= 4 is 32.8 Å². The van der Waals surface area contributed by atoms with Gasteiger partial charge < -0.3 is 9.47 Å². The second kappa shape index (κ2) is 5.57. The minimum atomic E-state index is -0.476. The lowest BCUT2D eigenvalue weighted by molar-refractivity contribution is 0.0594. The van der Waals surface area contributed by atoms with E-state index in [-0.39, 0.29) is 5.69 Å². The van der Waals surface area contributed by atoms with Crippen molar-refractivity contribution < 1.29 is 14.3 Å². The molecule has 0 bridgehead atoms. The molecule has 2 rings (SSSR count). The maximum atomic E-state index is 11.7. The molecule has 0 atom stereocenters. The van der Waals surface area contributed by atoms with Crippen LogP contribution in [0.4, 0.5) is 0 Å². The minimum Gasteiger partial charge on any atom is -0.493 e. The Balaban J connectivity index is 2.76. The molecule has 5 heteroatoms. The lowest BCUT2D eigenvalue weighted by Crippen LogP contribution is -2.06. The molecule has 0 saturated carbocycles. The summed E-state index contributed by atoms with van der Waals surface area (Å²) in [4.78, 5) is 16.0. The smallest absolute Gasteiger partial charge is 0.356 e. The number of esters is 1. The van der Waals surface area contributed by atoms with Crippen LogP contribution in [0, 0.1) is 6.92 Å². The molecule has 19 heavy (non-hydrogen) atoms. The molecule has 0 radical (unpaired) electrons. The third kappa shape index (κ3) is 2.56. The molecule has 1 aromatic carbocycles. The number of hydrogen-bond donors (Lipinski definition) is 0. The highest BCUT2D eigenvalue weighted by atomic mass is 79.9. The van der Waals surface area contributed by atoms with Crippen LogP contribution < -0.4 is 4.74 Å². The van der Waals surface area contributed by atoms with E-state index in [1.54, 1.807) is 6.07 Å². The topological polar surface area (TPSA) is 48.4 Å². The number of rotatable bonds is 3. The van der Waals surface area contributed by atoms with E-state index in [9.17, 15) is 4.79 Å². The monoisotopic (exact) mass is 323 g/mol. The van der Waals surface area contributed by atoms with Crippen LogP contribution >= 0.6 is 15.9 Å². The Bertz CT molecular complexity index is 640. The summed E-state index contributed by atoms with van der Waals surface area (Å²) in [6.45, 7) is 4.38. The Morgan fingerprint density at radius 2 is 2.16 bits per heavy atom. The molecule has 1 heterocycles. The van der Waals surface area contributed by atoms with Gasteiger partial charge in [-0.25, -0.2) is 9.78 Å². The fourth-order valence-corrected chi connectivity index (χ4v) is 2.25. The SMILES string of the molecule is CCOc1cc(C(=O)OC)nc2c(Br)c(C)ccc12. The Hall–Kier alpha value is -1.62. The van der Waals surface area contributed by atoms with Crippen molar-refractivity contribution in [1.82, 2.24) is 4.98 Å². The van der Waals surface area contributed by atoms with Crippen molar-refractivity contribution in [3.05, 3.63) is 33.9 Å². The molecule has 0 fully saturated rings. The summed E-state index contributed by atoms with van der Waals surface area (Å²) in [5.41, 5.74) is 1.99. The molecule has 0 aliphatic rings. The van der Waals surface area contributed by atoms with Gasteiger partial charge in [-0.05, 0) is 41.4 Å². The normalized spacial score (nSPS) is 10.5. The van der Waals surface area contributed by atoms with E-state index in [0.717, 1.165) is 15.4 Å². The van der Waals surface area contributed by atoms with Gasteiger partial charge in [0.2, 0.25) is 0 Å². The van der Waals surface area contributed by atoms with Crippen LogP contribution in [-0.4, -0.2) is 24.7 Å². The highest BCUT2D eigenvalue weighted by Crippen LogP contribution is 2.32. The number of halogens is 1. The van der Waals surface area contributed by atoms with Crippen molar-refractivity contribution in [3.8, 4) is 5.75 Å². The first-order valence-electron chi connectivity index (χ1n) is 5.89. The molecule has 0 spiro atoms. The van der Waals surface area contributed by atoms with Gasteiger partial charge in [0.1, 0.15) is 5.75 Å². The first-order valence-corrected chi connectivity index (χ1v) is 6.68. The molecule has 0 aliphatic heterocycles. The molecule has 1 aromatic heterocycles. The van der Waals surface area contributed by atoms with E-state index < -0.39 is 5.97 Å². The van der Waals surface area contributed by atoms with Crippen molar-refractivity contribution in [1.29, 1.82) is 0 Å². The molecule has 0 aliphatic carbocycles. The second-order valence-electron chi connectivity index (χ2n) is 4.02. The Morgan fingerprint density at radius 3 is 2.79 bits per heavy atom. The number of benzene rings is 1. The van der Waals surface area contributed by atoms with Crippen LogP contribution in [-0.2, 0) is 4.74 Å². The molecule has 0 saturated heterocycles. The fourth-order valence-electron chi connectivity index (χ4n) is 1.81. The zero-order valence-electron chi connectivity index (χ0n) is 11.0. The second-order valence-corrected chi connectivity index (χ2v) is 4.82. The molecule has 4 nitrogen and oxygen atoms in total. The number of methoxy groups -OCH3 is 1. The summed E-state index contributed by atoms with van der Waals surface area (Å²) >= 11 is 3.50. The molecule has 2 aromatic rings. The number of carbonyl (C=O) groups excluding carboxylic acids is 1. The van der Waals surface area contributed by atoms with E-state index in [1.807, 2.05) is 26.0 Å². The molecule has 0 amide bonds.